The van der Waals surface area contributed by atoms with Gasteiger partial charge in [0.15, 0.2) is 11.5 Å². The summed E-state index contributed by atoms with van der Waals surface area (Å²) < 4.78 is 15.6. The number of benzene rings is 1. The van der Waals surface area contributed by atoms with Crippen molar-refractivity contribution in [2.75, 3.05) is 20.3 Å². The molecule has 0 saturated carbocycles. The number of amides is 1. The highest BCUT2D eigenvalue weighted by Crippen LogP contribution is 2.28. The smallest absolute Gasteiger partial charge is 0.339 e. The summed E-state index contributed by atoms with van der Waals surface area (Å²) >= 11 is 0. The molecule has 2 N–H and O–H groups in total. The number of amidine groups is 1. The van der Waals surface area contributed by atoms with Gasteiger partial charge < -0.3 is 19.5 Å². The van der Waals surface area contributed by atoms with Gasteiger partial charge >= 0.3 is 5.97 Å². The van der Waals surface area contributed by atoms with Crippen LogP contribution in [-0.2, 0) is 4.74 Å². The number of hydrogen-bond acceptors (Lipinski definition) is 7. The highest BCUT2D eigenvalue weighted by molar-refractivity contribution is 6.12. The SMILES string of the molecule is CCOc1ccc(C(=O)NC(=N)c2cncc(C(=O)OC)c2)cc1OCC. The molecule has 0 radical (unpaired) electrons. The van der Waals surface area contributed by atoms with Gasteiger partial charge in [-0.1, -0.05) is 0 Å². The Morgan fingerprint density at radius 1 is 1.00 bits per heavy atom. The van der Waals surface area contributed by atoms with E-state index in [0.29, 0.717) is 30.3 Å². The molecule has 142 valence electrons. The van der Waals surface area contributed by atoms with Gasteiger partial charge in [0.05, 0.1) is 25.9 Å². The predicted molar refractivity (Wildman–Crippen MR) is 98.7 cm³/mol. The van der Waals surface area contributed by atoms with Gasteiger partial charge in [0.1, 0.15) is 5.84 Å². The van der Waals surface area contributed by atoms with Gasteiger partial charge in [-0.3, -0.25) is 15.2 Å². The monoisotopic (exact) mass is 371 g/mol. The average Bonchev–Trinajstić information content (AvgIpc) is 2.69. The van der Waals surface area contributed by atoms with Gasteiger partial charge in [-0.15, -0.1) is 0 Å². The normalized spacial score (nSPS) is 10.0. The van der Waals surface area contributed by atoms with Crippen molar-refractivity contribution in [1.29, 1.82) is 5.41 Å². The average molecular weight is 371 g/mol. The van der Waals surface area contributed by atoms with Crippen LogP contribution < -0.4 is 14.8 Å². The number of hydrogen-bond donors (Lipinski definition) is 2. The molecule has 0 atom stereocenters. The number of methoxy groups -OCH3 is 1. The number of pyridine rings is 1. The van der Waals surface area contributed by atoms with Crippen molar-refractivity contribution in [2.24, 2.45) is 0 Å². The predicted octanol–water partition coefficient (Wildman–Crippen LogP) is 2.42. The molecule has 0 saturated heterocycles. The quantitative estimate of drug-likeness (QED) is 0.439. The minimum atomic E-state index is -0.573. The number of nitrogens with one attached hydrogen (secondary N) is 2. The molecule has 0 bridgehead atoms. The Labute approximate surface area is 157 Å². The zero-order chi connectivity index (χ0) is 19.8. The number of esters is 1. The van der Waals surface area contributed by atoms with Crippen LogP contribution in [0.5, 0.6) is 11.5 Å². The van der Waals surface area contributed by atoms with Gasteiger partial charge in [-0.2, -0.15) is 0 Å². The van der Waals surface area contributed by atoms with E-state index in [4.69, 9.17) is 14.9 Å². The lowest BCUT2D eigenvalue weighted by Gasteiger charge is -2.13. The first kappa shape index (κ1) is 19.9. The van der Waals surface area contributed by atoms with Crippen LogP contribution in [0.3, 0.4) is 0 Å². The van der Waals surface area contributed by atoms with E-state index >= 15 is 0 Å². The highest BCUT2D eigenvalue weighted by Gasteiger charge is 2.15. The summed E-state index contributed by atoms with van der Waals surface area (Å²) in [5.74, 6) is -0.261. The third-order valence-electron chi connectivity index (χ3n) is 3.49. The number of ether oxygens (including phenoxy) is 3. The summed E-state index contributed by atoms with van der Waals surface area (Å²) in [5, 5.41) is 10.5. The molecule has 1 aromatic heterocycles. The molecule has 0 fully saturated rings. The Balaban J connectivity index is 2.18. The van der Waals surface area contributed by atoms with Crippen LogP contribution in [0.2, 0.25) is 0 Å². The second-order valence-electron chi connectivity index (χ2n) is 5.31. The maximum Gasteiger partial charge on any atom is 0.339 e. The molecule has 0 unspecified atom stereocenters. The maximum absolute atomic E-state index is 12.5. The minimum Gasteiger partial charge on any atom is -0.490 e. The molecule has 27 heavy (non-hydrogen) atoms. The number of carbonyl (C=O) groups excluding carboxylic acids is 2. The second-order valence-corrected chi connectivity index (χ2v) is 5.31. The molecule has 1 heterocycles. The van der Waals surface area contributed by atoms with Gasteiger partial charge in [0, 0.05) is 23.5 Å². The third kappa shape index (κ3) is 5.04. The fourth-order valence-corrected chi connectivity index (χ4v) is 2.26. The lowest BCUT2D eigenvalue weighted by atomic mass is 10.1. The topological polar surface area (TPSA) is 111 Å². The first-order chi connectivity index (χ1) is 13.0. The number of carbonyl (C=O) groups is 2. The molecular formula is C19H21N3O5. The van der Waals surface area contributed by atoms with E-state index in [2.05, 4.69) is 15.0 Å². The summed E-state index contributed by atoms with van der Waals surface area (Å²) in [6.07, 6.45) is 2.70. The third-order valence-corrected chi connectivity index (χ3v) is 3.49. The Kier molecular flexibility index (Phi) is 6.87. The van der Waals surface area contributed by atoms with Crippen LogP contribution in [0.25, 0.3) is 0 Å². The second kappa shape index (κ2) is 9.33. The zero-order valence-corrected chi connectivity index (χ0v) is 15.4. The minimum absolute atomic E-state index is 0.189. The molecule has 1 amide bonds. The number of rotatable bonds is 7. The fourth-order valence-electron chi connectivity index (χ4n) is 2.26. The van der Waals surface area contributed by atoms with Gasteiger partial charge in [0.2, 0.25) is 0 Å². The molecule has 0 aliphatic rings. The van der Waals surface area contributed by atoms with Crippen molar-refractivity contribution in [3.8, 4) is 11.5 Å². The molecule has 1 aromatic carbocycles. The van der Waals surface area contributed by atoms with Crippen molar-refractivity contribution in [2.45, 2.75) is 13.8 Å². The summed E-state index contributed by atoms with van der Waals surface area (Å²) in [6, 6.07) is 6.21. The lowest BCUT2D eigenvalue weighted by molar-refractivity contribution is 0.0600. The van der Waals surface area contributed by atoms with Crippen molar-refractivity contribution >= 4 is 17.7 Å². The molecule has 2 aromatic rings. The largest absolute Gasteiger partial charge is 0.490 e. The van der Waals surface area contributed by atoms with Crippen molar-refractivity contribution in [3.05, 3.63) is 53.3 Å². The van der Waals surface area contributed by atoms with Crippen LogP contribution in [0, 0.1) is 5.41 Å². The van der Waals surface area contributed by atoms with E-state index in [1.807, 2.05) is 13.8 Å². The first-order valence-electron chi connectivity index (χ1n) is 8.33. The number of nitrogens with zero attached hydrogens (tertiary/aromatic N) is 1. The summed E-state index contributed by atoms with van der Waals surface area (Å²) in [6.45, 7) is 4.58. The van der Waals surface area contributed by atoms with E-state index in [0.717, 1.165) is 0 Å². The Hall–Kier alpha value is -3.42. The molecular weight excluding hydrogens is 350 g/mol. The Morgan fingerprint density at radius 3 is 2.33 bits per heavy atom. The van der Waals surface area contributed by atoms with E-state index in [1.165, 1.54) is 25.6 Å². The fraction of sp³-hybridized carbons (Fsp3) is 0.263. The van der Waals surface area contributed by atoms with Crippen LogP contribution in [0.1, 0.15) is 40.1 Å². The van der Waals surface area contributed by atoms with Crippen molar-refractivity contribution in [3.63, 3.8) is 0 Å². The Bertz CT molecular complexity index is 851. The summed E-state index contributed by atoms with van der Waals surface area (Å²) in [4.78, 5) is 27.9. The first-order valence-corrected chi connectivity index (χ1v) is 8.33. The van der Waals surface area contributed by atoms with Crippen LogP contribution in [0.4, 0.5) is 0 Å². The van der Waals surface area contributed by atoms with Gasteiger partial charge in [-0.05, 0) is 38.1 Å². The maximum atomic E-state index is 12.5. The van der Waals surface area contributed by atoms with Gasteiger partial charge in [-0.25, -0.2) is 4.79 Å². The Morgan fingerprint density at radius 2 is 1.67 bits per heavy atom. The summed E-state index contributed by atoms with van der Waals surface area (Å²) in [7, 11) is 1.25. The van der Waals surface area contributed by atoms with Crippen LogP contribution in [0.15, 0.2) is 36.7 Å². The standard InChI is InChI=1S/C19H21N3O5/c1-4-26-15-7-6-12(9-16(15)27-5-2)18(23)22-17(20)13-8-14(11-21-10-13)19(24)25-3/h6-11H,4-5H2,1-3H3,(H2,20,22,23). The van der Waals surface area contributed by atoms with E-state index in [9.17, 15) is 9.59 Å². The highest BCUT2D eigenvalue weighted by atomic mass is 16.5. The van der Waals surface area contributed by atoms with Crippen molar-refractivity contribution in [1.82, 2.24) is 10.3 Å². The zero-order valence-electron chi connectivity index (χ0n) is 15.4. The summed E-state index contributed by atoms with van der Waals surface area (Å²) in [5.41, 5.74) is 0.777. The van der Waals surface area contributed by atoms with E-state index in [-0.39, 0.29) is 17.0 Å². The van der Waals surface area contributed by atoms with E-state index in [1.54, 1.807) is 18.2 Å². The van der Waals surface area contributed by atoms with E-state index < -0.39 is 11.9 Å². The molecule has 8 nitrogen and oxygen atoms in total. The lowest BCUT2D eigenvalue weighted by Crippen LogP contribution is -2.30. The molecule has 0 spiro atoms. The molecule has 0 aliphatic heterocycles. The molecule has 2 rings (SSSR count). The van der Waals surface area contributed by atoms with Crippen molar-refractivity contribution < 1.29 is 23.8 Å². The number of aromatic nitrogens is 1. The van der Waals surface area contributed by atoms with Crippen LogP contribution in [-0.4, -0.2) is 43.0 Å². The molecule has 8 heteroatoms. The van der Waals surface area contributed by atoms with Gasteiger partial charge in [0.25, 0.3) is 5.91 Å². The molecule has 0 aliphatic carbocycles. The van der Waals surface area contributed by atoms with Crippen LogP contribution >= 0.6 is 0 Å².